The Morgan fingerprint density at radius 1 is 1.10 bits per heavy atom. The molecule has 1 aromatic heterocycles. The zero-order chi connectivity index (χ0) is 28.9. The van der Waals surface area contributed by atoms with Gasteiger partial charge in [0.05, 0.1) is 12.7 Å². The number of hydrogen-bond donors (Lipinski definition) is 2. The highest BCUT2D eigenvalue weighted by molar-refractivity contribution is 7.99. The molecule has 41 heavy (non-hydrogen) atoms. The molecule has 0 saturated carbocycles. The van der Waals surface area contributed by atoms with E-state index in [1.807, 2.05) is 61.5 Å². The topological polar surface area (TPSA) is 90.3 Å². The lowest BCUT2D eigenvalue weighted by Crippen LogP contribution is -2.31. The maximum Gasteiger partial charge on any atom is 0.255 e. The third-order valence-electron chi connectivity index (χ3n) is 6.45. The van der Waals surface area contributed by atoms with Gasteiger partial charge in [-0.25, -0.2) is 4.68 Å². The van der Waals surface area contributed by atoms with E-state index in [0.717, 1.165) is 23.3 Å². The van der Waals surface area contributed by atoms with Crippen molar-refractivity contribution in [1.82, 2.24) is 14.8 Å². The van der Waals surface area contributed by atoms with Gasteiger partial charge in [-0.3, -0.25) is 4.79 Å². The smallest absolute Gasteiger partial charge is 0.255 e. The van der Waals surface area contributed by atoms with E-state index in [0.29, 0.717) is 49.6 Å². The maximum absolute atomic E-state index is 13.7. The number of rotatable bonds is 10. The highest BCUT2D eigenvalue weighted by atomic mass is 35.5. The van der Waals surface area contributed by atoms with Crippen LogP contribution in [0, 0.1) is 0 Å². The van der Waals surface area contributed by atoms with Crippen molar-refractivity contribution >= 4 is 52.5 Å². The molecule has 2 N–H and O–H groups in total. The molecule has 0 radical (unpaired) electrons. The molecular weight excluding hydrogens is 581 g/mol. The van der Waals surface area contributed by atoms with E-state index in [1.165, 1.54) is 0 Å². The normalized spacial score (nSPS) is 14.3. The van der Waals surface area contributed by atoms with Crippen molar-refractivity contribution in [2.24, 2.45) is 0 Å². The summed E-state index contributed by atoms with van der Waals surface area (Å²) >= 11 is 13.9. The van der Waals surface area contributed by atoms with Crippen molar-refractivity contribution in [2.45, 2.75) is 38.1 Å². The molecule has 0 fully saturated rings. The molecular formula is C30H29Cl2N5O3S. The van der Waals surface area contributed by atoms with Crippen molar-refractivity contribution in [2.75, 3.05) is 23.5 Å². The Kier molecular flexibility index (Phi) is 9.07. The molecule has 1 aliphatic rings. The van der Waals surface area contributed by atoms with Crippen molar-refractivity contribution in [3.05, 3.63) is 99.2 Å². The van der Waals surface area contributed by atoms with Gasteiger partial charge in [0.1, 0.15) is 12.6 Å². The first-order valence-corrected chi connectivity index (χ1v) is 14.8. The molecule has 4 aromatic rings. The molecule has 3 aromatic carbocycles. The van der Waals surface area contributed by atoms with Crippen LogP contribution >= 0.6 is 35.0 Å². The number of ether oxygens (including phenoxy) is 2. The molecule has 212 valence electrons. The second-order valence-corrected chi connectivity index (χ2v) is 11.2. The van der Waals surface area contributed by atoms with E-state index in [2.05, 4.69) is 22.5 Å². The van der Waals surface area contributed by atoms with Crippen LogP contribution in [0.4, 0.5) is 11.6 Å². The van der Waals surface area contributed by atoms with Gasteiger partial charge in [-0.2, -0.15) is 4.98 Å². The number of carbonyl (C=O) groups is 1. The Labute approximate surface area is 253 Å². The van der Waals surface area contributed by atoms with Crippen LogP contribution < -0.4 is 20.1 Å². The Bertz CT molecular complexity index is 1590. The summed E-state index contributed by atoms with van der Waals surface area (Å²) in [5.41, 5.74) is 3.48. The van der Waals surface area contributed by atoms with Crippen molar-refractivity contribution in [1.29, 1.82) is 0 Å². The van der Waals surface area contributed by atoms with Gasteiger partial charge >= 0.3 is 0 Å². The minimum Gasteiger partial charge on any atom is -0.493 e. The lowest BCUT2D eigenvalue weighted by molar-refractivity contribution is -0.113. The van der Waals surface area contributed by atoms with Gasteiger partial charge in [-0.15, -0.1) is 5.10 Å². The van der Waals surface area contributed by atoms with Crippen LogP contribution in [-0.4, -0.2) is 33.5 Å². The van der Waals surface area contributed by atoms with Crippen LogP contribution in [0.2, 0.25) is 10.0 Å². The minimum atomic E-state index is -0.563. The minimum absolute atomic E-state index is 0.230. The van der Waals surface area contributed by atoms with Gasteiger partial charge in [-0.1, -0.05) is 72.2 Å². The number of aromatic nitrogens is 3. The number of thioether (sulfide) groups is 1. The van der Waals surface area contributed by atoms with Crippen LogP contribution in [-0.2, 0) is 11.4 Å². The molecule has 0 aliphatic carbocycles. The van der Waals surface area contributed by atoms with Crippen molar-refractivity contribution in [3.63, 3.8) is 0 Å². The predicted molar refractivity (Wildman–Crippen MR) is 164 cm³/mol. The van der Waals surface area contributed by atoms with Gasteiger partial charge in [0.15, 0.2) is 11.5 Å². The van der Waals surface area contributed by atoms with E-state index < -0.39 is 6.04 Å². The van der Waals surface area contributed by atoms with E-state index in [-0.39, 0.29) is 12.5 Å². The van der Waals surface area contributed by atoms with Crippen molar-refractivity contribution < 1.29 is 14.3 Å². The van der Waals surface area contributed by atoms with Crippen LogP contribution in [0.25, 0.3) is 0 Å². The Hall–Kier alpha value is -3.66. The molecule has 1 aliphatic heterocycles. The average molecular weight is 611 g/mol. The van der Waals surface area contributed by atoms with Gasteiger partial charge < -0.3 is 20.1 Å². The summed E-state index contributed by atoms with van der Waals surface area (Å²) in [7, 11) is 1.58. The number of hydrogen-bond acceptors (Lipinski definition) is 7. The van der Waals surface area contributed by atoms with Crippen LogP contribution in [0.3, 0.4) is 0 Å². The van der Waals surface area contributed by atoms with Gasteiger partial charge in [0.2, 0.25) is 11.1 Å². The summed E-state index contributed by atoms with van der Waals surface area (Å²) in [5.74, 6) is 2.25. The van der Waals surface area contributed by atoms with E-state index >= 15 is 0 Å². The number of benzene rings is 3. The third kappa shape index (κ3) is 6.48. The zero-order valence-electron chi connectivity index (χ0n) is 22.8. The monoisotopic (exact) mass is 609 g/mol. The number of carbonyl (C=O) groups excluding carboxylic acids is 1. The summed E-state index contributed by atoms with van der Waals surface area (Å²) in [5, 5.41) is 12.8. The number of nitrogens with zero attached hydrogens (tertiary/aromatic N) is 3. The molecule has 0 bridgehead atoms. The molecule has 5 rings (SSSR count). The van der Waals surface area contributed by atoms with E-state index in [9.17, 15) is 4.79 Å². The fourth-order valence-corrected chi connectivity index (χ4v) is 5.62. The highest BCUT2D eigenvalue weighted by Gasteiger charge is 2.35. The number of halogens is 2. The van der Waals surface area contributed by atoms with Gasteiger partial charge in [0, 0.05) is 32.7 Å². The first-order chi connectivity index (χ1) is 19.9. The molecule has 8 nitrogen and oxygen atoms in total. The number of para-hydroxylation sites is 1. The second-order valence-electron chi connectivity index (χ2n) is 9.33. The van der Waals surface area contributed by atoms with Crippen LogP contribution in [0.5, 0.6) is 11.5 Å². The first kappa shape index (κ1) is 28.9. The molecule has 1 unspecified atom stereocenters. The predicted octanol–water partition coefficient (Wildman–Crippen LogP) is 7.60. The summed E-state index contributed by atoms with van der Waals surface area (Å²) in [6.45, 7) is 4.21. The second kappa shape index (κ2) is 12.9. The zero-order valence-corrected chi connectivity index (χ0v) is 25.1. The maximum atomic E-state index is 13.7. The number of allylic oxidation sites excluding steroid dienone is 1. The van der Waals surface area contributed by atoms with Gasteiger partial charge in [0.25, 0.3) is 5.91 Å². The van der Waals surface area contributed by atoms with Gasteiger partial charge in [-0.05, 0) is 55.3 Å². The lowest BCUT2D eigenvalue weighted by Gasteiger charge is -2.29. The van der Waals surface area contributed by atoms with Crippen molar-refractivity contribution in [3.8, 4) is 11.5 Å². The number of anilines is 2. The average Bonchev–Trinajstić information content (AvgIpc) is 3.37. The molecule has 11 heteroatoms. The fourth-order valence-electron chi connectivity index (χ4n) is 4.48. The quantitative estimate of drug-likeness (QED) is 0.179. The fraction of sp³-hybridized carbons (Fsp3) is 0.233. The molecule has 1 amide bonds. The number of nitrogens with one attached hydrogen (secondary N) is 2. The summed E-state index contributed by atoms with van der Waals surface area (Å²) < 4.78 is 13.6. The first-order valence-electron chi connectivity index (χ1n) is 13.1. The highest BCUT2D eigenvalue weighted by Crippen LogP contribution is 2.40. The van der Waals surface area contributed by atoms with E-state index in [4.69, 9.17) is 37.8 Å². The van der Waals surface area contributed by atoms with Crippen LogP contribution in [0.1, 0.15) is 37.4 Å². The Balaban J connectivity index is 1.50. The standard InChI is InChI=1S/C30H29Cl2N5O3S/c1-4-14-41-30-35-29-33-18(2)26(28(38)34-22-8-6-5-7-9-22)27(37(29)36-30)19-11-13-24(25(15-19)39-3)40-17-20-10-12-21(31)16-23(20)32/h5-13,15-16,27H,4,14,17H2,1-3H3,(H,34,38)(H,33,35,36). The Morgan fingerprint density at radius 2 is 1.90 bits per heavy atom. The number of fused-ring (bicyclic) bond motifs is 1. The summed E-state index contributed by atoms with van der Waals surface area (Å²) in [4.78, 5) is 18.4. The summed E-state index contributed by atoms with van der Waals surface area (Å²) in [6, 6.07) is 19.7. The number of amides is 1. The summed E-state index contributed by atoms with van der Waals surface area (Å²) in [6.07, 6.45) is 0.993. The molecule has 0 spiro atoms. The largest absolute Gasteiger partial charge is 0.493 e. The van der Waals surface area contributed by atoms with Crippen LogP contribution in [0.15, 0.2) is 83.2 Å². The Morgan fingerprint density at radius 3 is 2.63 bits per heavy atom. The lowest BCUT2D eigenvalue weighted by atomic mass is 9.94. The molecule has 0 saturated heterocycles. The molecule has 2 heterocycles. The third-order valence-corrected chi connectivity index (χ3v) is 8.08. The SMILES string of the molecule is CCCSc1nc2n(n1)C(c1ccc(OCc3ccc(Cl)cc3Cl)c(OC)c1)C(C(=O)Nc1ccccc1)=C(C)N2. The number of methoxy groups -OCH3 is 1. The van der Waals surface area contributed by atoms with E-state index in [1.54, 1.807) is 35.7 Å². The molecule has 1 atom stereocenters.